The lowest BCUT2D eigenvalue weighted by Gasteiger charge is -2.08. The summed E-state index contributed by atoms with van der Waals surface area (Å²) >= 11 is 0. The third-order valence-electron chi connectivity index (χ3n) is 4.04. The van der Waals surface area contributed by atoms with E-state index < -0.39 is 5.97 Å². The lowest BCUT2D eigenvalue weighted by molar-refractivity contribution is -0.136. The number of amides is 1. The second-order valence-electron chi connectivity index (χ2n) is 6.42. The molecule has 3 rings (SSSR count). The fourth-order valence-electron chi connectivity index (χ4n) is 2.45. The molecule has 0 heterocycles. The van der Waals surface area contributed by atoms with Crippen molar-refractivity contribution in [2.45, 2.75) is 13.8 Å². The molecule has 0 bridgehead atoms. The molecule has 3 aromatic rings. The Kier molecular flexibility index (Phi) is 6.07. The molecule has 28 heavy (non-hydrogen) atoms. The maximum absolute atomic E-state index is 12.3. The van der Waals surface area contributed by atoms with Crippen molar-refractivity contribution in [1.82, 2.24) is 0 Å². The van der Waals surface area contributed by atoms with Crippen LogP contribution in [-0.4, -0.2) is 18.5 Å². The van der Waals surface area contributed by atoms with E-state index in [1.165, 1.54) is 0 Å². The van der Waals surface area contributed by atoms with Gasteiger partial charge in [0.1, 0.15) is 11.5 Å². The third kappa shape index (κ3) is 5.45. The van der Waals surface area contributed by atoms with Crippen LogP contribution < -0.4 is 14.8 Å². The van der Waals surface area contributed by atoms with Gasteiger partial charge in [0.05, 0.1) is 0 Å². The van der Waals surface area contributed by atoms with Gasteiger partial charge in [-0.05, 0) is 62.4 Å². The molecule has 0 aliphatic rings. The smallest absolute Gasteiger partial charge is 0.349 e. The minimum atomic E-state index is -0.516. The monoisotopic (exact) mass is 375 g/mol. The number of ether oxygens (including phenoxy) is 2. The van der Waals surface area contributed by atoms with Crippen LogP contribution in [0.15, 0.2) is 72.8 Å². The molecule has 142 valence electrons. The number of carbonyl (C=O) groups is 2. The lowest BCUT2D eigenvalue weighted by Crippen LogP contribution is -2.18. The Morgan fingerprint density at radius 2 is 1.29 bits per heavy atom. The summed E-state index contributed by atoms with van der Waals surface area (Å²) in [6, 6.07) is 21.3. The summed E-state index contributed by atoms with van der Waals surface area (Å²) in [7, 11) is 0. The number of hydrogen-bond acceptors (Lipinski definition) is 4. The first-order valence-electron chi connectivity index (χ1n) is 8.88. The van der Waals surface area contributed by atoms with Gasteiger partial charge in [0, 0.05) is 11.3 Å². The van der Waals surface area contributed by atoms with Crippen LogP contribution in [0.5, 0.6) is 11.5 Å². The summed E-state index contributed by atoms with van der Waals surface area (Å²) in [5.74, 6) is 0.205. The highest BCUT2D eigenvalue weighted by Gasteiger charge is 2.09. The minimum Gasteiger partial charge on any atom is -0.482 e. The predicted molar refractivity (Wildman–Crippen MR) is 108 cm³/mol. The fraction of sp³-hybridized carbons (Fsp3) is 0.130. The van der Waals surface area contributed by atoms with E-state index in [1.807, 2.05) is 50.2 Å². The van der Waals surface area contributed by atoms with Crippen molar-refractivity contribution in [2.24, 2.45) is 0 Å². The Hall–Kier alpha value is -3.60. The zero-order valence-corrected chi connectivity index (χ0v) is 15.8. The molecule has 0 radical (unpaired) electrons. The van der Waals surface area contributed by atoms with Gasteiger partial charge in [-0.25, -0.2) is 4.79 Å². The molecule has 0 aliphatic heterocycles. The van der Waals surface area contributed by atoms with E-state index in [0.717, 1.165) is 16.8 Å². The third-order valence-corrected chi connectivity index (χ3v) is 4.04. The molecular weight excluding hydrogens is 354 g/mol. The van der Waals surface area contributed by atoms with E-state index in [-0.39, 0.29) is 12.5 Å². The Morgan fingerprint density at radius 3 is 1.89 bits per heavy atom. The highest BCUT2D eigenvalue weighted by atomic mass is 16.6. The molecule has 0 unspecified atom stereocenters. The zero-order chi connectivity index (χ0) is 19.9. The topological polar surface area (TPSA) is 64.6 Å². The molecule has 1 amide bonds. The van der Waals surface area contributed by atoms with Crippen LogP contribution in [0.4, 0.5) is 5.69 Å². The van der Waals surface area contributed by atoms with E-state index in [9.17, 15) is 9.59 Å². The summed E-state index contributed by atoms with van der Waals surface area (Å²) in [4.78, 5) is 24.2. The van der Waals surface area contributed by atoms with Crippen molar-refractivity contribution in [3.8, 4) is 11.5 Å². The number of hydrogen-bond donors (Lipinski definition) is 1. The van der Waals surface area contributed by atoms with Gasteiger partial charge < -0.3 is 14.8 Å². The first-order valence-corrected chi connectivity index (χ1v) is 8.88. The number of carbonyl (C=O) groups excluding carboxylic acids is 2. The van der Waals surface area contributed by atoms with Crippen LogP contribution in [0, 0.1) is 13.8 Å². The molecule has 0 saturated carbocycles. The van der Waals surface area contributed by atoms with Gasteiger partial charge in [0.2, 0.25) is 0 Å². The average molecular weight is 375 g/mol. The lowest BCUT2D eigenvalue weighted by atomic mass is 10.2. The number of rotatable bonds is 6. The van der Waals surface area contributed by atoms with Gasteiger partial charge in [-0.3, -0.25) is 4.79 Å². The van der Waals surface area contributed by atoms with Crippen LogP contribution >= 0.6 is 0 Å². The maximum Gasteiger partial charge on any atom is 0.349 e. The molecule has 0 aromatic heterocycles. The molecular formula is C23H21NO4. The van der Waals surface area contributed by atoms with Crippen LogP contribution in [-0.2, 0) is 4.79 Å². The summed E-state index contributed by atoms with van der Waals surface area (Å²) < 4.78 is 10.6. The van der Waals surface area contributed by atoms with Crippen LogP contribution in [0.2, 0.25) is 0 Å². The van der Waals surface area contributed by atoms with Gasteiger partial charge in [-0.15, -0.1) is 0 Å². The van der Waals surface area contributed by atoms with Crippen LogP contribution in [0.1, 0.15) is 21.5 Å². The fourth-order valence-corrected chi connectivity index (χ4v) is 2.45. The number of benzene rings is 3. The summed E-state index contributed by atoms with van der Waals surface area (Å²) in [6.45, 7) is 3.76. The van der Waals surface area contributed by atoms with E-state index in [4.69, 9.17) is 9.47 Å². The molecule has 5 nitrogen and oxygen atoms in total. The molecule has 1 N–H and O–H groups in total. The Morgan fingerprint density at radius 1 is 0.750 bits per heavy atom. The number of nitrogens with one attached hydrogen (secondary N) is 1. The minimum absolute atomic E-state index is 0.196. The van der Waals surface area contributed by atoms with Crippen molar-refractivity contribution in [1.29, 1.82) is 0 Å². The summed E-state index contributed by atoms with van der Waals surface area (Å²) in [5.41, 5.74) is 3.42. The molecule has 0 aliphatic carbocycles. The van der Waals surface area contributed by atoms with Gasteiger partial charge >= 0.3 is 5.97 Å². The van der Waals surface area contributed by atoms with Gasteiger partial charge in [0.25, 0.3) is 5.91 Å². The molecule has 5 heteroatoms. The average Bonchev–Trinajstić information content (AvgIpc) is 2.70. The molecule has 0 saturated heterocycles. The standard InChI is InChI=1S/C23H21NO4/c1-16-3-9-19(10-4-16)24-23(26)18-7-13-21(14-8-18)28-22(25)15-27-20-11-5-17(2)6-12-20/h3-14H,15H2,1-2H3,(H,24,26). The van der Waals surface area contributed by atoms with Gasteiger partial charge in [0.15, 0.2) is 6.61 Å². The molecule has 0 spiro atoms. The van der Waals surface area contributed by atoms with Gasteiger partial charge in [-0.1, -0.05) is 35.4 Å². The van der Waals surface area contributed by atoms with Crippen molar-refractivity contribution in [3.05, 3.63) is 89.5 Å². The Bertz CT molecular complexity index is 945. The predicted octanol–water partition coefficient (Wildman–Crippen LogP) is 4.54. The highest BCUT2D eigenvalue weighted by molar-refractivity contribution is 6.04. The second-order valence-corrected chi connectivity index (χ2v) is 6.42. The molecule has 0 fully saturated rings. The largest absolute Gasteiger partial charge is 0.482 e. The first kappa shape index (κ1) is 19.2. The number of esters is 1. The van der Waals surface area contributed by atoms with E-state index in [2.05, 4.69) is 5.32 Å². The maximum atomic E-state index is 12.3. The first-order chi connectivity index (χ1) is 13.5. The normalized spacial score (nSPS) is 10.2. The SMILES string of the molecule is Cc1ccc(NC(=O)c2ccc(OC(=O)COc3ccc(C)cc3)cc2)cc1. The summed E-state index contributed by atoms with van der Waals surface area (Å²) in [5, 5.41) is 2.82. The van der Waals surface area contributed by atoms with E-state index >= 15 is 0 Å². The Balaban J connectivity index is 1.51. The number of aryl methyl sites for hydroxylation is 2. The van der Waals surface area contributed by atoms with E-state index in [1.54, 1.807) is 36.4 Å². The second kappa shape index (κ2) is 8.86. The van der Waals surface area contributed by atoms with E-state index in [0.29, 0.717) is 17.1 Å². The van der Waals surface area contributed by atoms with Crippen molar-refractivity contribution in [2.75, 3.05) is 11.9 Å². The van der Waals surface area contributed by atoms with Crippen molar-refractivity contribution in [3.63, 3.8) is 0 Å². The van der Waals surface area contributed by atoms with Crippen molar-refractivity contribution >= 4 is 17.6 Å². The quantitative estimate of drug-likeness (QED) is 0.507. The highest BCUT2D eigenvalue weighted by Crippen LogP contribution is 2.16. The van der Waals surface area contributed by atoms with Crippen LogP contribution in [0.25, 0.3) is 0 Å². The Labute approximate surface area is 163 Å². The molecule has 0 atom stereocenters. The van der Waals surface area contributed by atoms with Crippen LogP contribution in [0.3, 0.4) is 0 Å². The summed E-state index contributed by atoms with van der Waals surface area (Å²) in [6.07, 6.45) is 0. The van der Waals surface area contributed by atoms with Gasteiger partial charge in [-0.2, -0.15) is 0 Å². The molecule has 3 aromatic carbocycles. The number of anilines is 1. The van der Waals surface area contributed by atoms with Crippen molar-refractivity contribution < 1.29 is 19.1 Å². The zero-order valence-electron chi connectivity index (χ0n) is 15.8.